The van der Waals surface area contributed by atoms with Gasteiger partial charge >= 0.3 is 0 Å². The van der Waals surface area contributed by atoms with Gasteiger partial charge in [-0.15, -0.1) is 0 Å². The number of hydrogen-bond acceptors (Lipinski definition) is 4. The first kappa shape index (κ1) is 18.6. The van der Waals surface area contributed by atoms with Crippen molar-refractivity contribution in [3.63, 3.8) is 0 Å². The molecule has 8 heteroatoms. The van der Waals surface area contributed by atoms with Gasteiger partial charge in [-0.1, -0.05) is 13.8 Å². The van der Waals surface area contributed by atoms with Gasteiger partial charge in [0.15, 0.2) is 16.7 Å². The number of fused-ring (bicyclic) bond motifs is 2. The molecule has 0 bridgehead atoms. The zero-order valence-corrected chi connectivity index (χ0v) is 16.8. The first-order valence-electron chi connectivity index (χ1n) is 8.94. The van der Waals surface area contributed by atoms with Crippen LogP contribution in [0.5, 0.6) is 5.75 Å². The number of benzene rings is 1. The van der Waals surface area contributed by atoms with Crippen LogP contribution in [0.25, 0.3) is 22.0 Å². The Labute approximate surface area is 164 Å². The summed E-state index contributed by atoms with van der Waals surface area (Å²) in [5.41, 5.74) is 2.29. The second-order valence-electron chi connectivity index (χ2n) is 7.30. The van der Waals surface area contributed by atoms with Crippen LogP contribution in [0, 0.1) is 5.92 Å². The Morgan fingerprint density at radius 3 is 2.68 bits per heavy atom. The molecule has 0 aliphatic carbocycles. The highest BCUT2D eigenvalue weighted by atomic mass is 32.2. The number of H-pyrrole nitrogens is 1. The molecule has 2 atom stereocenters. The van der Waals surface area contributed by atoms with E-state index in [2.05, 4.69) is 10.3 Å². The first-order chi connectivity index (χ1) is 13.3. The number of nitrogens with zero attached hydrogens (tertiary/aromatic N) is 1. The Balaban J connectivity index is 2.03. The molecule has 2 N–H and O–H groups in total. The molecule has 0 saturated carbocycles. The van der Waals surface area contributed by atoms with Crippen molar-refractivity contribution in [2.75, 3.05) is 11.6 Å². The van der Waals surface area contributed by atoms with Crippen LogP contribution >= 0.6 is 0 Å². The molecular formula is C20H21N3O4S. The van der Waals surface area contributed by atoms with Crippen LogP contribution in [-0.2, 0) is 23.0 Å². The number of rotatable bonds is 3. The second kappa shape index (κ2) is 6.72. The van der Waals surface area contributed by atoms with Gasteiger partial charge in [-0.05, 0) is 23.2 Å². The summed E-state index contributed by atoms with van der Waals surface area (Å²) in [5, 5.41) is 3.63. The van der Waals surface area contributed by atoms with Gasteiger partial charge in [-0.2, -0.15) is 0 Å². The third-order valence-electron chi connectivity index (χ3n) is 4.95. The van der Waals surface area contributed by atoms with E-state index in [1.165, 1.54) is 4.57 Å². The lowest BCUT2D eigenvalue weighted by atomic mass is 9.99. The van der Waals surface area contributed by atoms with Gasteiger partial charge in [0, 0.05) is 48.1 Å². The number of ether oxygens (including phenoxy) is 1. The van der Waals surface area contributed by atoms with Crippen molar-refractivity contribution in [2.45, 2.75) is 24.8 Å². The highest BCUT2D eigenvalue weighted by Gasteiger charge is 2.33. The molecule has 1 aromatic carbocycles. The summed E-state index contributed by atoms with van der Waals surface area (Å²) in [4.78, 5) is 28.4. The van der Waals surface area contributed by atoms with Crippen molar-refractivity contribution in [1.82, 2.24) is 9.55 Å². The summed E-state index contributed by atoms with van der Waals surface area (Å²) in [7, 11) is 1.68. The predicted molar refractivity (Wildman–Crippen MR) is 109 cm³/mol. The number of aromatic amines is 1. The summed E-state index contributed by atoms with van der Waals surface area (Å²) in [6.45, 7) is 3.84. The molecule has 7 nitrogen and oxygen atoms in total. The van der Waals surface area contributed by atoms with Crippen molar-refractivity contribution in [2.24, 2.45) is 13.0 Å². The van der Waals surface area contributed by atoms with Gasteiger partial charge in [0.2, 0.25) is 0 Å². The van der Waals surface area contributed by atoms with E-state index in [1.807, 2.05) is 19.9 Å². The molecule has 2 aromatic heterocycles. The second-order valence-corrected chi connectivity index (χ2v) is 8.68. The number of pyridine rings is 1. The van der Waals surface area contributed by atoms with E-state index in [4.69, 9.17) is 4.74 Å². The maximum Gasteiger partial charge on any atom is 0.274 e. The van der Waals surface area contributed by atoms with Crippen LogP contribution in [0.2, 0.25) is 0 Å². The van der Waals surface area contributed by atoms with E-state index in [-0.39, 0.29) is 17.4 Å². The number of aryl methyl sites for hydroxylation is 1. The summed E-state index contributed by atoms with van der Waals surface area (Å²) in [6.07, 6.45) is 4.41. The topological polar surface area (TPSA) is 99.2 Å². The molecular weight excluding hydrogens is 378 g/mol. The Kier molecular flexibility index (Phi) is 4.47. The minimum absolute atomic E-state index is 0.0200. The zero-order valence-electron chi connectivity index (χ0n) is 16.0. The summed E-state index contributed by atoms with van der Waals surface area (Å²) in [5.74, 6) is 0.279. The highest BCUT2D eigenvalue weighted by molar-refractivity contribution is 7.90. The van der Waals surface area contributed by atoms with E-state index in [0.29, 0.717) is 27.4 Å². The molecule has 2 unspecified atom stereocenters. The summed E-state index contributed by atoms with van der Waals surface area (Å²) >= 11 is -1.26. The number of nitrogens with one attached hydrogen (secondary N) is 2. The van der Waals surface area contributed by atoms with Gasteiger partial charge in [0.25, 0.3) is 11.5 Å². The average Bonchev–Trinajstić information content (AvgIpc) is 3.13. The molecule has 3 heterocycles. The van der Waals surface area contributed by atoms with Gasteiger partial charge in [0.05, 0.1) is 5.69 Å². The van der Waals surface area contributed by atoms with Crippen molar-refractivity contribution in [1.29, 1.82) is 0 Å². The van der Waals surface area contributed by atoms with Crippen LogP contribution in [0.15, 0.2) is 40.3 Å². The van der Waals surface area contributed by atoms with Gasteiger partial charge in [-0.3, -0.25) is 9.59 Å². The maximum atomic E-state index is 12.4. The van der Waals surface area contributed by atoms with E-state index < -0.39 is 17.3 Å². The smallest absolute Gasteiger partial charge is 0.274 e. The largest absolute Gasteiger partial charge is 0.612 e. The van der Waals surface area contributed by atoms with Gasteiger partial charge in [-0.25, -0.2) is 0 Å². The third kappa shape index (κ3) is 2.89. The molecule has 28 heavy (non-hydrogen) atoms. The average molecular weight is 399 g/mol. The van der Waals surface area contributed by atoms with Crippen LogP contribution < -0.4 is 15.6 Å². The lowest BCUT2D eigenvalue weighted by Crippen LogP contribution is -2.40. The minimum atomic E-state index is -1.26. The first-order valence-corrected chi connectivity index (χ1v) is 10.5. The molecule has 1 aliphatic rings. The molecule has 1 aliphatic heterocycles. The number of amides is 1. The molecule has 1 amide bonds. The Morgan fingerprint density at radius 2 is 2.00 bits per heavy atom. The SMILES string of the molecule is CC(C)C1Oc2c(cc([S+](C)[O-])cc2-c2cn(C)c(=O)c3[nH]ccc23)NC1=O. The monoisotopic (exact) mass is 399 g/mol. The van der Waals surface area contributed by atoms with Crippen molar-refractivity contribution < 1.29 is 14.1 Å². The van der Waals surface area contributed by atoms with Crippen molar-refractivity contribution in [3.05, 3.63) is 40.9 Å². The molecule has 0 fully saturated rings. The zero-order chi connectivity index (χ0) is 20.2. The van der Waals surface area contributed by atoms with Crippen LogP contribution in [0.3, 0.4) is 0 Å². The number of carbonyl (C=O) groups is 1. The lowest BCUT2D eigenvalue weighted by molar-refractivity contribution is -0.125. The van der Waals surface area contributed by atoms with Crippen LogP contribution in [0.4, 0.5) is 5.69 Å². The molecule has 146 valence electrons. The molecule has 4 rings (SSSR count). The van der Waals surface area contributed by atoms with E-state index in [0.717, 1.165) is 10.9 Å². The minimum Gasteiger partial charge on any atom is -0.612 e. The fourth-order valence-corrected chi connectivity index (χ4v) is 4.06. The number of anilines is 1. The van der Waals surface area contributed by atoms with E-state index in [1.54, 1.807) is 37.8 Å². The predicted octanol–water partition coefficient (Wildman–Crippen LogP) is 2.63. The summed E-state index contributed by atoms with van der Waals surface area (Å²) in [6, 6.07) is 5.31. The van der Waals surface area contributed by atoms with E-state index >= 15 is 0 Å². The molecule has 0 spiro atoms. The van der Waals surface area contributed by atoms with Crippen molar-refractivity contribution in [3.8, 4) is 16.9 Å². The highest BCUT2D eigenvalue weighted by Crippen LogP contribution is 2.44. The molecule has 3 aromatic rings. The third-order valence-corrected chi connectivity index (χ3v) is 5.84. The normalized spacial score (nSPS) is 17.4. The van der Waals surface area contributed by atoms with Crippen LogP contribution in [-0.4, -0.2) is 32.4 Å². The molecule has 0 saturated heterocycles. The molecule has 0 radical (unpaired) electrons. The maximum absolute atomic E-state index is 12.4. The number of carbonyl (C=O) groups excluding carboxylic acids is 1. The number of hydrogen-bond donors (Lipinski definition) is 2. The fourth-order valence-electron chi connectivity index (χ4n) is 3.49. The Hall–Kier alpha value is -2.71. The quantitative estimate of drug-likeness (QED) is 0.662. The number of aromatic nitrogens is 2. The lowest BCUT2D eigenvalue weighted by Gasteiger charge is -2.30. The summed E-state index contributed by atoms with van der Waals surface area (Å²) < 4.78 is 19.8. The van der Waals surface area contributed by atoms with Crippen LogP contribution in [0.1, 0.15) is 13.8 Å². The van der Waals surface area contributed by atoms with E-state index in [9.17, 15) is 14.1 Å². The Bertz CT molecular complexity index is 1150. The fraction of sp³-hybridized carbons (Fsp3) is 0.300. The Morgan fingerprint density at radius 1 is 1.25 bits per heavy atom. The van der Waals surface area contributed by atoms with Gasteiger partial charge in [0.1, 0.15) is 11.8 Å². The standard InChI is InChI=1S/C20H21N3O4S/c1-10(2)17-19(24)22-15-8-11(28(4)26)7-13(18(15)27-17)14-9-23(3)20(25)16-12(14)5-6-21-16/h5-10,17,21H,1-4H3,(H,22,24). The van der Waals surface area contributed by atoms with Gasteiger partial charge < -0.3 is 24.2 Å². The van der Waals surface area contributed by atoms with Crippen molar-refractivity contribution >= 4 is 33.7 Å².